The van der Waals surface area contributed by atoms with Crippen LogP contribution in [0.15, 0.2) is 0 Å². The van der Waals surface area contributed by atoms with E-state index in [-0.39, 0.29) is 23.4 Å². The molecule has 2 heterocycles. The Hall–Kier alpha value is -0.420. The molecule has 0 aromatic carbocycles. The topological polar surface area (TPSA) is 52.6 Å². The molecule has 0 spiro atoms. The Bertz CT molecular complexity index is 280. The van der Waals surface area contributed by atoms with Crippen LogP contribution >= 0.6 is 11.8 Å². The number of amides is 2. The van der Waals surface area contributed by atoms with Crippen molar-refractivity contribution < 1.29 is 9.90 Å². The second-order valence-corrected chi connectivity index (χ2v) is 6.92. The van der Waals surface area contributed by atoms with Gasteiger partial charge in [0.25, 0.3) is 0 Å². The molecule has 2 unspecified atom stereocenters. The van der Waals surface area contributed by atoms with E-state index < -0.39 is 0 Å². The number of nitrogens with one attached hydrogen (secondary N) is 1. The van der Waals surface area contributed by atoms with Gasteiger partial charge in [0.1, 0.15) is 0 Å². The summed E-state index contributed by atoms with van der Waals surface area (Å²) < 4.78 is 0.212. The Labute approximate surface area is 107 Å². The Balaban J connectivity index is 1.80. The van der Waals surface area contributed by atoms with Gasteiger partial charge in [-0.1, -0.05) is 0 Å². The molecule has 4 nitrogen and oxygen atoms in total. The minimum Gasteiger partial charge on any atom is -0.394 e. The summed E-state index contributed by atoms with van der Waals surface area (Å²) in [5, 5.41) is 12.2. The lowest BCUT2D eigenvalue weighted by Crippen LogP contribution is -2.47. The first-order valence-corrected chi connectivity index (χ1v) is 7.42. The molecular formula is C12H22N2O2S. The summed E-state index contributed by atoms with van der Waals surface area (Å²) in [7, 11) is 0. The summed E-state index contributed by atoms with van der Waals surface area (Å²) >= 11 is 1.95. The van der Waals surface area contributed by atoms with Crippen molar-refractivity contribution >= 4 is 17.8 Å². The van der Waals surface area contributed by atoms with Crippen LogP contribution in [0.2, 0.25) is 0 Å². The van der Waals surface area contributed by atoms with Crippen molar-refractivity contribution in [2.75, 3.05) is 25.4 Å². The van der Waals surface area contributed by atoms with E-state index >= 15 is 0 Å². The molecule has 0 aliphatic carbocycles. The summed E-state index contributed by atoms with van der Waals surface area (Å²) in [5.41, 5.74) is 0. The largest absolute Gasteiger partial charge is 0.394 e. The van der Waals surface area contributed by atoms with Crippen molar-refractivity contribution in [3.05, 3.63) is 0 Å². The van der Waals surface area contributed by atoms with Gasteiger partial charge in [0.15, 0.2) is 0 Å². The summed E-state index contributed by atoms with van der Waals surface area (Å²) in [6.45, 7) is 3.82. The van der Waals surface area contributed by atoms with Crippen LogP contribution in [0.4, 0.5) is 4.79 Å². The average Bonchev–Trinajstić information content (AvgIpc) is 2.95. The molecule has 17 heavy (non-hydrogen) atoms. The lowest BCUT2D eigenvalue weighted by molar-refractivity contribution is 0.156. The minimum atomic E-state index is -0.00437. The second kappa shape index (κ2) is 5.48. The highest BCUT2D eigenvalue weighted by atomic mass is 32.2. The number of hydrogen-bond acceptors (Lipinski definition) is 3. The Morgan fingerprint density at radius 3 is 3.06 bits per heavy atom. The van der Waals surface area contributed by atoms with E-state index in [1.807, 2.05) is 11.8 Å². The van der Waals surface area contributed by atoms with E-state index in [1.165, 1.54) is 18.6 Å². The number of likely N-dealkylation sites (tertiary alicyclic amines) is 1. The van der Waals surface area contributed by atoms with Gasteiger partial charge in [-0.2, -0.15) is 11.8 Å². The maximum absolute atomic E-state index is 12.0. The predicted molar refractivity (Wildman–Crippen MR) is 70.3 cm³/mol. The number of urea groups is 1. The highest BCUT2D eigenvalue weighted by molar-refractivity contribution is 8.00. The molecule has 2 aliphatic heterocycles. The monoisotopic (exact) mass is 258 g/mol. The zero-order valence-corrected chi connectivity index (χ0v) is 11.3. The summed E-state index contributed by atoms with van der Waals surface area (Å²) in [6.07, 6.45) is 4.36. The highest BCUT2D eigenvalue weighted by Crippen LogP contribution is 2.37. The van der Waals surface area contributed by atoms with E-state index in [2.05, 4.69) is 12.2 Å². The molecule has 2 aliphatic rings. The van der Waals surface area contributed by atoms with Crippen LogP contribution in [0, 0.1) is 0 Å². The molecule has 0 radical (unpaired) electrons. The van der Waals surface area contributed by atoms with Crippen LogP contribution < -0.4 is 5.32 Å². The fraction of sp³-hybridized carbons (Fsp3) is 0.917. The van der Waals surface area contributed by atoms with Crippen molar-refractivity contribution in [1.82, 2.24) is 10.2 Å². The predicted octanol–water partition coefficient (Wildman–Crippen LogP) is 1.44. The van der Waals surface area contributed by atoms with Crippen molar-refractivity contribution in [3.8, 4) is 0 Å². The first-order chi connectivity index (χ1) is 8.14. The number of aliphatic hydroxyl groups excluding tert-OH is 1. The third kappa shape index (κ3) is 3.07. The maximum atomic E-state index is 12.0. The Kier molecular flexibility index (Phi) is 4.20. The van der Waals surface area contributed by atoms with Gasteiger partial charge in [-0.25, -0.2) is 4.79 Å². The number of carbonyl (C=O) groups excluding carboxylic acids is 1. The molecular weight excluding hydrogens is 236 g/mol. The van der Waals surface area contributed by atoms with Crippen LogP contribution in [0.1, 0.15) is 32.6 Å². The van der Waals surface area contributed by atoms with Crippen LogP contribution in [0.5, 0.6) is 0 Å². The third-order valence-corrected chi connectivity index (χ3v) is 5.30. The van der Waals surface area contributed by atoms with E-state index in [4.69, 9.17) is 0 Å². The van der Waals surface area contributed by atoms with Gasteiger partial charge in [-0.05, 0) is 38.4 Å². The Morgan fingerprint density at radius 2 is 2.41 bits per heavy atom. The van der Waals surface area contributed by atoms with Gasteiger partial charge in [0.05, 0.1) is 12.6 Å². The second-order valence-electron chi connectivity index (χ2n) is 5.23. The standard InChI is InChI=1S/C12H22N2O2S/c1-12(5-3-7-17-12)9-13-11(16)14-6-2-4-10(14)8-15/h10,15H,2-9H2,1H3,(H,13,16). The summed E-state index contributed by atoms with van der Waals surface area (Å²) in [5.74, 6) is 1.20. The summed E-state index contributed by atoms with van der Waals surface area (Å²) in [4.78, 5) is 13.8. The highest BCUT2D eigenvalue weighted by Gasteiger charge is 2.32. The molecule has 0 saturated carbocycles. The first-order valence-electron chi connectivity index (χ1n) is 6.44. The van der Waals surface area contributed by atoms with E-state index in [0.717, 1.165) is 25.9 Å². The maximum Gasteiger partial charge on any atom is 0.317 e. The van der Waals surface area contributed by atoms with Crippen LogP contribution in [0.3, 0.4) is 0 Å². The van der Waals surface area contributed by atoms with Crippen molar-refractivity contribution in [1.29, 1.82) is 0 Å². The molecule has 0 aromatic rings. The molecule has 2 rings (SSSR count). The number of carbonyl (C=O) groups is 1. The quantitative estimate of drug-likeness (QED) is 0.805. The zero-order chi connectivity index (χ0) is 12.3. The van der Waals surface area contributed by atoms with Crippen LogP contribution in [-0.4, -0.2) is 52.3 Å². The number of thioether (sulfide) groups is 1. The Morgan fingerprint density at radius 1 is 1.59 bits per heavy atom. The zero-order valence-electron chi connectivity index (χ0n) is 10.4. The molecule has 0 aromatic heterocycles. The third-order valence-electron chi connectivity index (χ3n) is 3.76. The van der Waals surface area contributed by atoms with Gasteiger partial charge in [-0.3, -0.25) is 0 Å². The van der Waals surface area contributed by atoms with E-state index in [1.54, 1.807) is 4.90 Å². The van der Waals surface area contributed by atoms with Gasteiger partial charge >= 0.3 is 6.03 Å². The average molecular weight is 258 g/mol. The van der Waals surface area contributed by atoms with Crippen LogP contribution in [0.25, 0.3) is 0 Å². The van der Waals surface area contributed by atoms with Crippen molar-refractivity contribution in [3.63, 3.8) is 0 Å². The SMILES string of the molecule is CC1(CNC(=O)N2CCCC2CO)CCCS1. The molecule has 2 fully saturated rings. The molecule has 98 valence electrons. The molecule has 2 amide bonds. The fourth-order valence-electron chi connectivity index (χ4n) is 2.63. The van der Waals surface area contributed by atoms with Gasteiger partial charge < -0.3 is 15.3 Å². The molecule has 5 heteroatoms. The first kappa shape index (κ1) is 13.0. The normalized spacial score (nSPS) is 33.1. The van der Waals surface area contributed by atoms with E-state index in [9.17, 15) is 9.90 Å². The van der Waals surface area contributed by atoms with Crippen molar-refractivity contribution in [2.24, 2.45) is 0 Å². The number of aliphatic hydroxyl groups is 1. The van der Waals surface area contributed by atoms with Crippen molar-refractivity contribution in [2.45, 2.75) is 43.4 Å². The fourth-order valence-corrected chi connectivity index (χ4v) is 3.88. The van der Waals surface area contributed by atoms with Gasteiger partial charge in [0, 0.05) is 17.8 Å². The summed E-state index contributed by atoms with van der Waals surface area (Å²) in [6, 6.07) is 0.0225. The lowest BCUT2D eigenvalue weighted by atomic mass is 10.1. The van der Waals surface area contributed by atoms with E-state index in [0.29, 0.717) is 0 Å². The molecule has 0 bridgehead atoms. The van der Waals surface area contributed by atoms with Gasteiger partial charge in [-0.15, -0.1) is 0 Å². The molecule has 2 saturated heterocycles. The molecule has 2 N–H and O–H groups in total. The van der Waals surface area contributed by atoms with Crippen LogP contribution in [-0.2, 0) is 0 Å². The lowest BCUT2D eigenvalue weighted by Gasteiger charge is -2.27. The van der Waals surface area contributed by atoms with Gasteiger partial charge in [0.2, 0.25) is 0 Å². The number of rotatable bonds is 3. The molecule has 2 atom stereocenters. The smallest absolute Gasteiger partial charge is 0.317 e. The number of nitrogens with zero attached hydrogens (tertiary/aromatic N) is 1. The minimum absolute atomic E-state index is 0.00437. The number of hydrogen-bond donors (Lipinski definition) is 2.